The van der Waals surface area contributed by atoms with Crippen LogP contribution in [0, 0.1) is 0 Å². The van der Waals surface area contributed by atoms with E-state index >= 15 is 0 Å². The zero-order valence-electron chi connectivity index (χ0n) is 10.3. The van der Waals surface area contributed by atoms with Crippen molar-refractivity contribution in [1.29, 1.82) is 0 Å². The molecule has 98 valence electrons. The topological polar surface area (TPSA) is 37.8 Å². The molecular weight excluding hydrogens is 278 g/mol. The average Bonchev–Trinajstić information content (AvgIpc) is 3.25. The molecular formula is C14H14ClN3S. The zero-order valence-corrected chi connectivity index (χ0v) is 11.9. The summed E-state index contributed by atoms with van der Waals surface area (Å²) in [6.07, 6.45) is 6.34. The quantitative estimate of drug-likeness (QED) is 0.855. The minimum absolute atomic E-state index is 0.706. The van der Waals surface area contributed by atoms with Crippen LogP contribution in [-0.4, -0.2) is 16.0 Å². The molecule has 1 aromatic carbocycles. The molecule has 0 aliphatic heterocycles. The van der Waals surface area contributed by atoms with Crippen LogP contribution in [0.15, 0.2) is 46.7 Å². The van der Waals surface area contributed by atoms with E-state index in [4.69, 9.17) is 11.6 Å². The molecule has 3 rings (SSSR count). The summed E-state index contributed by atoms with van der Waals surface area (Å²) in [7, 11) is 0. The van der Waals surface area contributed by atoms with Crippen LogP contribution in [0.5, 0.6) is 0 Å². The van der Waals surface area contributed by atoms with E-state index in [0.717, 1.165) is 27.2 Å². The highest BCUT2D eigenvalue weighted by atomic mass is 35.5. The van der Waals surface area contributed by atoms with Crippen molar-refractivity contribution in [2.75, 3.05) is 0 Å². The second-order valence-electron chi connectivity index (χ2n) is 4.56. The van der Waals surface area contributed by atoms with Crippen LogP contribution in [0.3, 0.4) is 0 Å². The lowest BCUT2D eigenvalue weighted by atomic mass is 10.3. The number of rotatable bonds is 5. The number of halogens is 1. The summed E-state index contributed by atoms with van der Waals surface area (Å²) in [4.78, 5) is 9.71. The van der Waals surface area contributed by atoms with Crippen LogP contribution < -0.4 is 5.32 Å². The van der Waals surface area contributed by atoms with Gasteiger partial charge in [-0.15, -0.1) is 0 Å². The first-order chi connectivity index (χ1) is 9.31. The first-order valence-electron chi connectivity index (χ1n) is 6.28. The Morgan fingerprint density at radius 2 is 1.95 bits per heavy atom. The molecule has 1 aromatic heterocycles. The molecule has 1 heterocycles. The lowest BCUT2D eigenvalue weighted by Gasteiger charge is -2.04. The predicted octanol–water partition coefficient (Wildman–Crippen LogP) is 3.53. The van der Waals surface area contributed by atoms with Gasteiger partial charge in [-0.2, -0.15) is 0 Å². The van der Waals surface area contributed by atoms with Crippen molar-refractivity contribution in [2.24, 2.45) is 0 Å². The normalized spacial score (nSPS) is 14.6. The molecule has 0 radical (unpaired) electrons. The second kappa shape index (κ2) is 5.90. The molecule has 0 atom stereocenters. The predicted molar refractivity (Wildman–Crippen MR) is 77.5 cm³/mol. The summed E-state index contributed by atoms with van der Waals surface area (Å²) >= 11 is 7.60. The van der Waals surface area contributed by atoms with Crippen LogP contribution in [-0.2, 0) is 6.54 Å². The monoisotopic (exact) mass is 291 g/mol. The molecule has 1 saturated carbocycles. The van der Waals surface area contributed by atoms with E-state index in [2.05, 4.69) is 15.3 Å². The van der Waals surface area contributed by atoms with Crippen molar-refractivity contribution in [3.63, 3.8) is 0 Å². The molecule has 0 bridgehead atoms. The van der Waals surface area contributed by atoms with Crippen molar-refractivity contribution in [2.45, 2.75) is 35.5 Å². The van der Waals surface area contributed by atoms with Crippen molar-refractivity contribution in [3.8, 4) is 0 Å². The summed E-state index contributed by atoms with van der Waals surface area (Å²) in [6, 6.07) is 8.43. The third-order valence-electron chi connectivity index (χ3n) is 2.89. The smallest absolute Gasteiger partial charge is 0.192 e. The van der Waals surface area contributed by atoms with Gasteiger partial charge in [0.15, 0.2) is 5.16 Å². The maximum atomic E-state index is 6.11. The molecule has 0 unspecified atom stereocenters. The van der Waals surface area contributed by atoms with Gasteiger partial charge >= 0.3 is 0 Å². The SMILES string of the molecule is Clc1ccccc1Sc1ncc(CNC2CC2)cn1. The van der Waals surface area contributed by atoms with E-state index in [1.165, 1.54) is 24.6 Å². The van der Waals surface area contributed by atoms with Crippen LogP contribution in [0.1, 0.15) is 18.4 Å². The van der Waals surface area contributed by atoms with Crippen molar-refractivity contribution in [3.05, 3.63) is 47.2 Å². The Morgan fingerprint density at radius 3 is 2.63 bits per heavy atom. The number of benzene rings is 1. The summed E-state index contributed by atoms with van der Waals surface area (Å²) in [5.74, 6) is 0. The molecule has 5 heteroatoms. The minimum Gasteiger partial charge on any atom is -0.310 e. The fraction of sp³-hybridized carbons (Fsp3) is 0.286. The highest BCUT2D eigenvalue weighted by Gasteiger charge is 2.19. The molecule has 1 aliphatic rings. The summed E-state index contributed by atoms with van der Waals surface area (Å²) < 4.78 is 0. The van der Waals surface area contributed by atoms with Crippen molar-refractivity contribution in [1.82, 2.24) is 15.3 Å². The molecule has 1 aliphatic carbocycles. The van der Waals surface area contributed by atoms with Crippen LogP contribution in [0.25, 0.3) is 0 Å². The maximum Gasteiger partial charge on any atom is 0.192 e. The van der Waals surface area contributed by atoms with Gasteiger partial charge in [0.05, 0.1) is 5.02 Å². The van der Waals surface area contributed by atoms with Gasteiger partial charge in [0, 0.05) is 35.4 Å². The van der Waals surface area contributed by atoms with E-state index in [1.54, 1.807) is 0 Å². The van der Waals surface area contributed by atoms with Gasteiger partial charge in [-0.1, -0.05) is 23.7 Å². The van der Waals surface area contributed by atoms with Gasteiger partial charge in [0.25, 0.3) is 0 Å². The Hall–Kier alpha value is -1.10. The van der Waals surface area contributed by atoms with E-state index in [9.17, 15) is 0 Å². The minimum atomic E-state index is 0.706. The molecule has 3 nitrogen and oxygen atoms in total. The molecule has 0 amide bonds. The molecule has 19 heavy (non-hydrogen) atoms. The summed E-state index contributed by atoms with van der Waals surface area (Å²) in [5.41, 5.74) is 1.12. The van der Waals surface area contributed by atoms with E-state index in [-0.39, 0.29) is 0 Å². The van der Waals surface area contributed by atoms with Gasteiger partial charge in [-0.25, -0.2) is 9.97 Å². The fourth-order valence-electron chi connectivity index (χ4n) is 1.66. The van der Waals surface area contributed by atoms with E-state index in [1.807, 2.05) is 36.7 Å². The van der Waals surface area contributed by atoms with Gasteiger partial charge in [-0.3, -0.25) is 0 Å². The number of nitrogens with zero attached hydrogens (tertiary/aromatic N) is 2. The molecule has 0 saturated heterocycles. The second-order valence-corrected chi connectivity index (χ2v) is 5.98. The third kappa shape index (κ3) is 3.69. The Morgan fingerprint density at radius 1 is 1.21 bits per heavy atom. The number of hydrogen-bond donors (Lipinski definition) is 1. The highest BCUT2D eigenvalue weighted by molar-refractivity contribution is 7.99. The number of nitrogens with one attached hydrogen (secondary N) is 1. The Bertz CT molecular complexity index is 555. The average molecular weight is 292 g/mol. The molecule has 0 spiro atoms. The van der Waals surface area contributed by atoms with Crippen LogP contribution >= 0.6 is 23.4 Å². The summed E-state index contributed by atoms with van der Waals surface area (Å²) in [6.45, 7) is 0.849. The van der Waals surface area contributed by atoms with Gasteiger partial charge in [0.2, 0.25) is 0 Å². The maximum absolute atomic E-state index is 6.11. The zero-order chi connectivity index (χ0) is 13.1. The molecule has 1 fully saturated rings. The van der Waals surface area contributed by atoms with Gasteiger partial charge in [0.1, 0.15) is 0 Å². The van der Waals surface area contributed by atoms with Crippen LogP contribution in [0.2, 0.25) is 5.02 Å². The van der Waals surface area contributed by atoms with Crippen LogP contribution in [0.4, 0.5) is 0 Å². The highest BCUT2D eigenvalue weighted by Crippen LogP contribution is 2.30. The first kappa shape index (κ1) is 12.9. The van der Waals surface area contributed by atoms with Crippen molar-refractivity contribution < 1.29 is 0 Å². The van der Waals surface area contributed by atoms with Gasteiger partial charge in [-0.05, 0) is 36.7 Å². The van der Waals surface area contributed by atoms with Crippen molar-refractivity contribution >= 4 is 23.4 Å². The Balaban J connectivity index is 1.63. The van der Waals surface area contributed by atoms with Gasteiger partial charge < -0.3 is 5.32 Å². The third-order valence-corrected chi connectivity index (χ3v) is 4.30. The fourth-order valence-corrected chi connectivity index (χ4v) is 2.63. The first-order valence-corrected chi connectivity index (χ1v) is 7.47. The molecule has 2 aromatic rings. The Kier molecular flexibility index (Phi) is 4.01. The van der Waals surface area contributed by atoms with E-state index < -0.39 is 0 Å². The molecule has 1 N–H and O–H groups in total. The van der Waals surface area contributed by atoms with E-state index in [0.29, 0.717) is 6.04 Å². The number of aromatic nitrogens is 2. The lowest BCUT2D eigenvalue weighted by molar-refractivity contribution is 0.680. The standard InChI is InChI=1S/C14H14ClN3S/c15-12-3-1-2-4-13(12)19-14-17-8-10(9-18-14)7-16-11-5-6-11/h1-4,8-9,11,16H,5-7H2. The lowest BCUT2D eigenvalue weighted by Crippen LogP contribution is -2.15. The largest absolute Gasteiger partial charge is 0.310 e. The Labute approximate surface area is 121 Å². The number of hydrogen-bond acceptors (Lipinski definition) is 4. The summed E-state index contributed by atoms with van der Waals surface area (Å²) in [5, 5.41) is 4.90.